The molecule has 0 radical (unpaired) electrons. The van der Waals surface area contributed by atoms with Crippen LogP contribution in [0.5, 0.6) is 0 Å². The normalized spacial score (nSPS) is 11.1. The van der Waals surface area contributed by atoms with Gasteiger partial charge in [-0.3, -0.25) is 4.79 Å². The molecule has 10 heteroatoms. The van der Waals surface area contributed by atoms with Crippen LogP contribution in [0.4, 0.5) is 5.69 Å². The molecule has 0 spiro atoms. The van der Waals surface area contributed by atoms with E-state index in [9.17, 15) is 13.2 Å². The van der Waals surface area contributed by atoms with E-state index < -0.39 is 21.7 Å². The van der Waals surface area contributed by atoms with Crippen LogP contribution in [0, 0.1) is 0 Å². The molecule has 0 aliphatic rings. The Hall–Kier alpha value is -2.29. The minimum atomic E-state index is -3.63. The number of halogens is 2. The lowest BCUT2D eigenvalue weighted by Gasteiger charge is -2.23. The highest BCUT2D eigenvalue weighted by Crippen LogP contribution is 2.29. The number of nitrogens with zero attached hydrogens (tertiary/aromatic N) is 2. The van der Waals surface area contributed by atoms with Gasteiger partial charge < -0.3 is 16.4 Å². The van der Waals surface area contributed by atoms with Gasteiger partial charge in [0.05, 0.1) is 10.6 Å². The van der Waals surface area contributed by atoms with Gasteiger partial charge in [0, 0.05) is 35.5 Å². The molecule has 0 saturated carbocycles. The van der Waals surface area contributed by atoms with Crippen molar-refractivity contribution in [1.82, 2.24) is 0 Å². The maximum Gasteiger partial charge on any atom is 0.280 e. The summed E-state index contributed by atoms with van der Waals surface area (Å²) in [6, 6.07) is 9.30. The van der Waals surface area contributed by atoms with Crippen molar-refractivity contribution in [3.8, 4) is 0 Å². The van der Waals surface area contributed by atoms with E-state index >= 15 is 0 Å². The van der Waals surface area contributed by atoms with Gasteiger partial charge in [0.2, 0.25) is 0 Å². The van der Waals surface area contributed by atoms with Gasteiger partial charge in [0.15, 0.2) is 15.8 Å². The summed E-state index contributed by atoms with van der Waals surface area (Å²) in [6.45, 7) is 0.333. The van der Waals surface area contributed by atoms with Crippen LogP contribution in [0.3, 0.4) is 0 Å². The fourth-order valence-corrected chi connectivity index (χ4v) is 3.84. The molecule has 0 aromatic heterocycles. The number of hydrogen-bond donors (Lipinski definition) is 2. The predicted octanol–water partition coefficient (Wildman–Crippen LogP) is 2.45. The Morgan fingerprint density at radius 3 is 2.37 bits per heavy atom. The number of benzene rings is 2. The third-order valence-corrected chi connectivity index (χ3v) is 5.38. The number of carbonyl (C=O) groups is 1. The first kappa shape index (κ1) is 21.0. The summed E-state index contributed by atoms with van der Waals surface area (Å²) < 4.78 is 24.5. The van der Waals surface area contributed by atoms with Crippen molar-refractivity contribution >= 4 is 50.6 Å². The average Bonchev–Trinajstić information content (AvgIpc) is 2.55. The number of nitrogens with two attached hydrogens (primary N) is 2. The lowest BCUT2D eigenvalue weighted by molar-refractivity contribution is 0.100. The molecule has 2 aromatic rings. The molecule has 0 heterocycles. The van der Waals surface area contributed by atoms with Crippen molar-refractivity contribution in [3.05, 3.63) is 57.6 Å². The zero-order valence-corrected chi connectivity index (χ0v) is 16.9. The minimum Gasteiger partial charge on any atom is -0.370 e. The van der Waals surface area contributed by atoms with Gasteiger partial charge >= 0.3 is 0 Å². The first-order valence-corrected chi connectivity index (χ1v) is 10.3. The molecule has 0 saturated heterocycles. The fraction of sp³-hybridized carbons (Fsp3) is 0.176. The molecule has 4 N–H and O–H groups in total. The first-order chi connectivity index (χ1) is 12.5. The third-order valence-electron chi connectivity index (χ3n) is 3.67. The summed E-state index contributed by atoms with van der Waals surface area (Å²) in [7, 11) is -1.92. The molecular formula is C17H18Cl2N4O3S. The molecule has 27 heavy (non-hydrogen) atoms. The summed E-state index contributed by atoms with van der Waals surface area (Å²) in [5.74, 6) is -1.13. The number of carbonyl (C=O) groups excluding carboxylic acids is 1. The summed E-state index contributed by atoms with van der Waals surface area (Å²) in [5, 5.41) is 0.973. The highest BCUT2D eigenvalue weighted by molar-refractivity contribution is 7.90. The highest BCUT2D eigenvalue weighted by Gasteiger charge is 2.20. The van der Waals surface area contributed by atoms with E-state index in [0.717, 1.165) is 11.8 Å². The van der Waals surface area contributed by atoms with Crippen molar-refractivity contribution in [2.24, 2.45) is 16.5 Å². The molecule has 0 unspecified atom stereocenters. The monoisotopic (exact) mass is 428 g/mol. The Morgan fingerprint density at radius 2 is 1.81 bits per heavy atom. The Balaban J connectivity index is 2.46. The number of amides is 1. The van der Waals surface area contributed by atoms with Crippen LogP contribution in [0.25, 0.3) is 0 Å². The van der Waals surface area contributed by atoms with E-state index in [-0.39, 0.29) is 10.5 Å². The largest absolute Gasteiger partial charge is 0.370 e. The van der Waals surface area contributed by atoms with E-state index in [0.29, 0.717) is 22.3 Å². The van der Waals surface area contributed by atoms with Crippen molar-refractivity contribution in [2.75, 3.05) is 18.2 Å². The summed E-state index contributed by atoms with van der Waals surface area (Å²) in [4.78, 5) is 17.1. The summed E-state index contributed by atoms with van der Waals surface area (Å²) >= 11 is 12.1. The average molecular weight is 429 g/mol. The Kier molecular flexibility index (Phi) is 6.35. The van der Waals surface area contributed by atoms with Gasteiger partial charge in [0.1, 0.15) is 0 Å². The maximum atomic E-state index is 12.3. The van der Waals surface area contributed by atoms with Gasteiger partial charge in [-0.15, -0.1) is 0 Å². The van der Waals surface area contributed by atoms with Crippen LogP contribution >= 0.6 is 23.2 Å². The van der Waals surface area contributed by atoms with E-state index in [4.69, 9.17) is 34.7 Å². The lowest BCUT2D eigenvalue weighted by Crippen LogP contribution is -2.24. The number of hydrogen-bond acceptors (Lipinski definition) is 4. The van der Waals surface area contributed by atoms with Gasteiger partial charge in [-0.1, -0.05) is 29.3 Å². The molecule has 1 amide bonds. The fourth-order valence-electron chi connectivity index (χ4n) is 2.43. The number of guanidine groups is 1. The molecule has 7 nitrogen and oxygen atoms in total. The number of anilines is 1. The molecule has 0 aliphatic carbocycles. The van der Waals surface area contributed by atoms with Crippen LogP contribution in [0.1, 0.15) is 15.9 Å². The molecule has 2 rings (SSSR count). The molecule has 144 valence electrons. The van der Waals surface area contributed by atoms with E-state index in [2.05, 4.69) is 4.99 Å². The van der Waals surface area contributed by atoms with Crippen LogP contribution in [0.2, 0.25) is 10.0 Å². The smallest absolute Gasteiger partial charge is 0.280 e. The molecular weight excluding hydrogens is 411 g/mol. The van der Waals surface area contributed by atoms with Crippen molar-refractivity contribution in [3.63, 3.8) is 0 Å². The van der Waals surface area contributed by atoms with Crippen LogP contribution in [-0.2, 0) is 16.4 Å². The molecule has 0 bridgehead atoms. The zero-order valence-electron chi connectivity index (χ0n) is 14.6. The van der Waals surface area contributed by atoms with Gasteiger partial charge in [-0.05, 0) is 35.9 Å². The molecule has 0 fully saturated rings. The van der Waals surface area contributed by atoms with E-state index in [1.54, 1.807) is 30.1 Å². The standard InChI is InChI=1S/C17H18Cl2N4O3S/c1-23(9-11-3-5-12(18)8-13(11)19)14-6-4-10(16(24)22-17(20)21)7-15(14)27(2,25)26/h3-8H,9H2,1-2H3,(H4,20,21,22,24). The predicted molar refractivity (Wildman–Crippen MR) is 108 cm³/mol. The second kappa shape index (κ2) is 8.16. The third kappa shape index (κ3) is 5.35. The van der Waals surface area contributed by atoms with Gasteiger partial charge in [0.25, 0.3) is 5.91 Å². The Morgan fingerprint density at radius 1 is 1.15 bits per heavy atom. The van der Waals surface area contributed by atoms with E-state index in [1.807, 2.05) is 0 Å². The first-order valence-electron chi connectivity index (χ1n) is 7.62. The van der Waals surface area contributed by atoms with Crippen molar-refractivity contribution in [2.45, 2.75) is 11.4 Å². The van der Waals surface area contributed by atoms with Crippen molar-refractivity contribution < 1.29 is 13.2 Å². The molecule has 2 aromatic carbocycles. The van der Waals surface area contributed by atoms with Crippen LogP contribution in [0.15, 0.2) is 46.3 Å². The maximum absolute atomic E-state index is 12.3. The quantitative estimate of drug-likeness (QED) is 0.557. The summed E-state index contributed by atoms with van der Waals surface area (Å²) in [6.07, 6.45) is 1.06. The van der Waals surface area contributed by atoms with Gasteiger partial charge in [-0.25, -0.2) is 8.42 Å². The highest BCUT2D eigenvalue weighted by atomic mass is 35.5. The molecule has 0 aliphatic heterocycles. The number of aliphatic imine (C=N–C) groups is 1. The topological polar surface area (TPSA) is 119 Å². The SMILES string of the molecule is CN(Cc1ccc(Cl)cc1Cl)c1ccc(C(=O)N=C(N)N)cc1S(C)(=O)=O. The van der Waals surface area contributed by atoms with Gasteiger partial charge in [-0.2, -0.15) is 4.99 Å². The lowest BCUT2D eigenvalue weighted by atomic mass is 10.1. The van der Waals surface area contributed by atoms with Crippen LogP contribution in [-0.4, -0.2) is 33.6 Å². The van der Waals surface area contributed by atoms with Crippen molar-refractivity contribution in [1.29, 1.82) is 0 Å². The second-order valence-electron chi connectivity index (χ2n) is 5.89. The number of sulfone groups is 1. The zero-order chi connectivity index (χ0) is 20.4. The molecule has 0 atom stereocenters. The van der Waals surface area contributed by atoms with E-state index in [1.165, 1.54) is 18.2 Å². The Bertz CT molecular complexity index is 1020. The summed E-state index contributed by atoms with van der Waals surface area (Å²) in [5.41, 5.74) is 11.6. The number of rotatable bonds is 5. The Labute approximate surface area is 167 Å². The minimum absolute atomic E-state index is 0.0215. The second-order valence-corrected chi connectivity index (χ2v) is 8.72. The van der Waals surface area contributed by atoms with Crippen LogP contribution < -0.4 is 16.4 Å².